The molecule has 0 saturated carbocycles. The maximum atomic E-state index is 12.0. The molecule has 0 spiro atoms. The topological polar surface area (TPSA) is 106 Å². The molecule has 8 nitrogen and oxygen atoms in total. The van der Waals surface area contributed by atoms with Crippen LogP contribution in [0.2, 0.25) is 18.1 Å². The molecule has 1 aliphatic heterocycles. The number of methoxy groups -OCH3 is 1. The van der Waals surface area contributed by atoms with Crippen molar-refractivity contribution in [1.29, 1.82) is 0 Å². The highest BCUT2D eigenvalue weighted by atomic mass is 28.4. The summed E-state index contributed by atoms with van der Waals surface area (Å²) in [5, 5.41) is 19.8. The molecule has 1 saturated heterocycles. The van der Waals surface area contributed by atoms with Gasteiger partial charge in [0.1, 0.15) is 12.4 Å². The third kappa shape index (κ3) is 6.21. The van der Waals surface area contributed by atoms with Crippen LogP contribution in [0, 0.1) is 0 Å². The van der Waals surface area contributed by atoms with Gasteiger partial charge in [-0.2, -0.15) is 0 Å². The number of piperidine rings is 1. The number of hydrogen-bond acceptors (Lipinski definition) is 6. The van der Waals surface area contributed by atoms with E-state index in [1.54, 1.807) is 18.2 Å². The molecule has 174 valence electrons. The average Bonchev–Trinajstić information content (AvgIpc) is 2.69. The average molecular weight is 454 g/mol. The van der Waals surface area contributed by atoms with Gasteiger partial charge in [-0.1, -0.05) is 26.8 Å². The number of likely N-dealkylation sites (tertiary alicyclic amines) is 1. The quantitative estimate of drug-likeness (QED) is 0.364. The van der Waals surface area contributed by atoms with E-state index >= 15 is 0 Å². The number of rotatable bonds is 7. The molecule has 9 heteroatoms. The van der Waals surface area contributed by atoms with Gasteiger partial charge < -0.3 is 29.0 Å². The van der Waals surface area contributed by atoms with E-state index in [0.29, 0.717) is 29.9 Å². The largest absolute Gasteiger partial charge is 0.491 e. The monoisotopic (exact) mass is 453 g/mol. The fourth-order valence-corrected chi connectivity index (χ4v) is 4.34. The number of aliphatic hydroxyl groups excluding tert-OH is 1. The van der Waals surface area contributed by atoms with Crippen molar-refractivity contribution < 1.29 is 33.7 Å². The van der Waals surface area contributed by atoms with Gasteiger partial charge in [0.2, 0.25) is 0 Å². The van der Waals surface area contributed by atoms with Crippen LogP contribution in [0.3, 0.4) is 0 Å². The molecule has 1 aromatic carbocycles. The molecule has 1 amide bonds. The SMILES string of the molecule is COC(=O)c1ccc(C2CC(O)CCN2C(=O)O)c(OCCO[Si](C)(C)C(C)(C)C)c1. The predicted molar refractivity (Wildman–Crippen MR) is 119 cm³/mol. The van der Waals surface area contributed by atoms with E-state index in [2.05, 4.69) is 33.9 Å². The van der Waals surface area contributed by atoms with Gasteiger partial charge in [0.25, 0.3) is 0 Å². The zero-order valence-electron chi connectivity index (χ0n) is 19.3. The van der Waals surface area contributed by atoms with Crippen LogP contribution in [0.4, 0.5) is 4.79 Å². The maximum Gasteiger partial charge on any atom is 0.407 e. The first-order valence-corrected chi connectivity index (χ1v) is 13.4. The number of carboxylic acid groups (broad SMARTS) is 1. The molecule has 0 bridgehead atoms. The highest BCUT2D eigenvalue weighted by Gasteiger charge is 2.37. The summed E-state index contributed by atoms with van der Waals surface area (Å²) in [6, 6.07) is 4.26. The van der Waals surface area contributed by atoms with Crippen molar-refractivity contribution in [3.8, 4) is 5.75 Å². The number of esters is 1. The van der Waals surface area contributed by atoms with Crippen molar-refractivity contribution in [1.82, 2.24) is 4.90 Å². The summed E-state index contributed by atoms with van der Waals surface area (Å²) in [7, 11) is -0.633. The van der Waals surface area contributed by atoms with Crippen LogP contribution in [0.25, 0.3) is 0 Å². The third-order valence-electron chi connectivity index (χ3n) is 6.22. The highest BCUT2D eigenvalue weighted by Crippen LogP contribution is 2.38. The van der Waals surface area contributed by atoms with Crippen LogP contribution >= 0.6 is 0 Å². The summed E-state index contributed by atoms with van der Waals surface area (Å²) in [6.07, 6.45) is -1.00. The minimum Gasteiger partial charge on any atom is -0.491 e. The maximum absolute atomic E-state index is 12.0. The molecule has 0 radical (unpaired) electrons. The van der Waals surface area contributed by atoms with E-state index in [0.717, 1.165) is 0 Å². The Morgan fingerprint density at radius 1 is 1.23 bits per heavy atom. The van der Waals surface area contributed by atoms with E-state index in [1.807, 2.05) is 0 Å². The number of carbonyl (C=O) groups is 2. The molecule has 0 aromatic heterocycles. The van der Waals surface area contributed by atoms with Crippen molar-refractivity contribution >= 4 is 20.4 Å². The molecule has 2 N–H and O–H groups in total. The number of carbonyl (C=O) groups excluding carboxylic acids is 1. The summed E-state index contributed by atoms with van der Waals surface area (Å²) in [6.45, 7) is 11.7. The van der Waals surface area contributed by atoms with E-state index in [4.69, 9.17) is 13.9 Å². The number of aliphatic hydroxyl groups is 1. The van der Waals surface area contributed by atoms with Gasteiger partial charge >= 0.3 is 12.1 Å². The normalized spacial score (nSPS) is 19.8. The van der Waals surface area contributed by atoms with Crippen LogP contribution in [0.15, 0.2) is 18.2 Å². The van der Waals surface area contributed by atoms with Crippen molar-refractivity contribution in [3.05, 3.63) is 29.3 Å². The van der Waals surface area contributed by atoms with Gasteiger partial charge in [0.15, 0.2) is 8.32 Å². The smallest absolute Gasteiger partial charge is 0.407 e. The lowest BCUT2D eigenvalue weighted by molar-refractivity contribution is 0.0412. The molecular weight excluding hydrogens is 418 g/mol. The minimum atomic E-state index is -1.93. The van der Waals surface area contributed by atoms with Gasteiger partial charge in [-0.3, -0.25) is 0 Å². The first kappa shape index (κ1) is 25.2. The highest BCUT2D eigenvalue weighted by molar-refractivity contribution is 6.74. The Labute approximate surface area is 185 Å². The first-order valence-electron chi connectivity index (χ1n) is 10.5. The van der Waals surface area contributed by atoms with Gasteiger partial charge in [-0.25, -0.2) is 9.59 Å². The Bertz CT molecular complexity index is 791. The Morgan fingerprint density at radius 3 is 2.48 bits per heavy atom. The lowest BCUT2D eigenvalue weighted by atomic mass is 9.92. The zero-order chi connectivity index (χ0) is 23.4. The van der Waals surface area contributed by atoms with Crippen LogP contribution in [-0.4, -0.2) is 68.5 Å². The predicted octanol–water partition coefficient (Wildman–Crippen LogP) is 4.05. The minimum absolute atomic E-state index is 0.0726. The van der Waals surface area contributed by atoms with E-state index < -0.39 is 32.5 Å². The molecule has 1 aromatic rings. The summed E-state index contributed by atoms with van der Waals surface area (Å²) in [5.41, 5.74) is 0.922. The van der Waals surface area contributed by atoms with Gasteiger partial charge in [0.05, 0.1) is 31.4 Å². The summed E-state index contributed by atoms with van der Waals surface area (Å²) in [4.78, 5) is 25.1. The molecule has 1 aliphatic rings. The Kier molecular flexibility index (Phi) is 8.13. The molecule has 2 unspecified atom stereocenters. The summed E-state index contributed by atoms with van der Waals surface area (Å²) >= 11 is 0. The number of benzene rings is 1. The lowest BCUT2D eigenvalue weighted by Crippen LogP contribution is -2.42. The van der Waals surface area contributed by atoms with Crippen LogP contribution in [-0.2, 0) is 9.16 Å². The standard InChI is InChI=1S/C22H35NO7Si/c1-22(2,3)31(5,6)30-12-11-29-19-13-15(20(25)28-4)7-8-17(19)18-14-16(24)9-10-23(18)21(26)27/h7-8,13,16,18,24H,9-12,14H2,1-6H3,(H,26,27). The Hall–Kier alpha value is -2.10. The van der Waals surface area contributed by atoms with Gasteiger partial charge in [0, 0.05) is 12.1 Å². The van der Waals surface area contributed by atoms with Crippen LogP contribution in [0.1, 0.15) is 55.6 Å². The number of ether oxygens (including phenoxy) is 2. The molecule has 1 fully saturated rings. The van der Waals surface area contributed by atoms with Gasteiger partial charge in [-0.05, 0) is 43.1 Å². The molecule has 1 heterocycles. The van der Waals surface area contributed by atoms with E-state index in [-0.39, 0.29) is 24.6 Å². The summed E-state index contributed by atoms with van der Waals surface area (Å²) in [5.74, 6) is -0.111. The lowest BCUT2D eigenvalue weighted by Gasteiger charge is -2.37. The van der Waals surface area contributed by atoms with Crippen molar-refractivity contribution in [2.45, 2.75) is 63.9 Å². The van der Waals surface area contributed by atoms with E-state index in [1.165, 1.54) is 12.0 Å². The second-order valence-electron chi connectivity index (χ2n) is 9.37. The fourth-order valence-electron chi connectivity index (χ4n) is 3.31. The number of nitrogens with zero attached hydrogens (tertiary/aromatic N) is 1. The van der Waals surface area contributed by atoms with E-state index in [9.17, 15) is 19.8 Å². The van der Waals surface area contributed by atoms with Crippen molar-refractivity contribution in [2.24, 2.45) is 0 Å². The molecule has 2 atom stereocenters. The van der Waals surface area contributed by atoms with Crippen molar-refractivity contribution in [3.63, 3.8) is 0 Å². The molecule has 0 aliphatic carbocycles. The van der Waals surface area contributed by atoms with Crippen LogP contribution in [0.5, 0.6) is 5.75 Å². The first-order chi connectivity index (χ1) is 14.4. The third-order valence-corrected chi connectivity index (χ3v) is 10.8. The van der Waals surface area contributed by atoms with Crippen LogP contribution < -0.4 is 4.74 Å². The fraction of sp³-hybridized carbons (Fsp3) is 0.636. The Balaban J connectivity index is 2.26. The number of amides is 1. The second-order valence-corrected chi connectivity index (χ2v) is 14.2. The van der Waals surface area contributed by atoms with Crippen molar-refractivity contribution in [2.75, 3.05) is 26.9 Å². The second kappa shape index (κ2) is 10.0. The molecule has 31 heavy (non-hydrogen) atoms. The molecule has 2 rings (SSSR count). The zero-order valence-corrected chi connectivity index (χ0v) is 20.3. The Morgan fingerprint density at radius 2 is 1.90 bits per heavy atom. The van der Waals surface area contributed by atoms with Gasteiger partial charge in [-0.15, -0.1) is 0 Å². The molecular formula is C22H35NO7Si. The summed E-state index contributed by atoms with van der Waals surface area (Å²) < 4.78 is 16.9. The number of hydrogen-bond donors (Lipinski definition) is 2.